The average Bonchev–Trinajstić information content (AvgIpc) is 2.65. The molecule has 1 aromatic heterocycles. The van der Waals surface area contributed by atoms with Crippen LogP contribution in [-0.2, 0) is 6.67 Å². The van der Waals surface area contributed by atoms with Crippen LogP contribution in [0.15, 0.2) is 28.8 Å². The van der Waals surface area contributed by atoms with Crippen molar-refractivity contribution >= 4 is 5.82 Å². The summed E-state index contributed by atoms with van der Waals surface area (Å²) < 4.78 is 17.5. The molecule has 0 atom stereocenters. The lowest BCUT2D eigenvalue weighted by Gasteiger charge is -2.03. The first kappa shape index (κ1) is 9.71. The lowest BCUT2D eigenvalue weighted by molar-refractivity contribution is 0.435. The number of aryl methyl sites for hydroxylation is 1. The number of anilines is 1. The largest absolute Gasteiger partial charge is 0.381 e. The van der Waals surface area contributed by atoms with E-state index in [1.807, 2.05) is 13.0 Å². The monoisotopic (exact) mass is 206 g/mol. The summed E-state index contributed by atoms with van der Waals surface area (Å²) in [4.78, 5) is 0. The molecule has 0 unspecified atom stereocenters. The molecule has 0 aliphatic rings. The van der Waals surface area contributed by atoms with E-state index in [0.29, 0.717) is 17.1 Å². The van der Waals surface area contributed by atoms with Crippen molar-refractivity contribution in [1.29, 1.82) is 0 Å². The SMILES string of the molecule is Cc1ccc(CF)cc1-c1cc(N)no1. The van der Waals surface area contributed by atoms with Gasteiger partial charge >= 0.3 is 0 Å². The van der Waals surface area contributed by atoms with Crippen LogP contribution in [0.1, 0.15) is 11.1 Å². The minimum atomic E-state index is -0.489. The van der Waals surface area contributed by atoms with Crippen molar-refractivity contribution in [3.8, 4) is 11.3 Å². The first-order chi connectivity index (χ1) is 7.20. The number of nitrogen functional groups attached to an aromatic ring is 1. The van der Waals surface area contributed by atoms with Gasteiger partial charge in [0.15, 0.2) is 11.6 Å². The number of nitrogens with two attached hydrogens (primary N) is 1. The quantitative estimate of drug-likeness (QED) is 0.821. The highest BCUT2D eigenvalue weighted by Crippen LogP contribution is 2.26. The Kier molecular flexibility index (Phi) is 2.41. The fourth-order valence-corrected chi connectivity index (χ4v) is 1.43. The number of halogens is 1. The molecule has 0 saturated carbocycles. The van der Waals surface area contributed by atoms with Gasteiger partial charge < -0.3 is 10.3 Å². The highest BCUT2D eigenvalue weighted by atomic mass is 19.1. The molecule has 0 fully saturated rings. The maximum Gasteiger partial charge on any atom is 0.169 e. The van der Waals surface area contributed by atoms with Crippen molar-refractivity contribution in [1.82, 2.24) is 5.16 Å². The topological polar surface area (TPSA) is 52.0 Å². The van der Waals surface area contributed by atoms with Crippen LogP contribution in [0.4, 0.5) is 10.2 Å². The van der Waals surface area contributed by atoms with Crippen LogP contribution >= 0.6 is 0 Å². The summed E-state index contributed by atoms with van der Waals surface area (Å²) in [7, 11) is 0. The smallest absolute Gasteiger partial charge is 0.169 e. The zero-order chi connectivity index (χ0) is 10.8. The lowest BCUT2D eigenvalue weighted by atomic mass is 10.0. The number of benzene rings is 1. The molecule has 3 nitrogen and oxygen atoms in total. The fourth-order valence-electron chi connectivity index (χ4n) is 1.43. The molecule has 1 aromatic carbocycles. The van der Waals surface area contributed by atoms with Crippen LogP contribution in [0, 0.1) is 6.92 Å². The minimum absolute atomic E-state index is 0.329. The maximum atomic E-state index is 12.5. The Morgan fingerprint density at radius 3 is 2.80 bits per heavy atom. The number of hydrogen-bond acceptors (Lipinski definition) is 3. The maximum absolute atomic E-state index is 12.5. The van der Waals surface area contributed by atoms with E-state index in [0.717, 1.165) is 11.1 Å². The zero-order valence-corrected chi connectivity index (χ0v) is 8.33. The molecule has 0 radical (unpaired) electrons. The Bertz CT molecular complexity index is 479. The molecule has 0 amide bonds. The van der Waals surface area contributed by atoms with Gasteiger partial charge in [0, 0.05) is 11.6 Å². The van der Waals surface area contributed by atoms with E-state index in [-0.39, 0.29) is 0 Å². The number of nitrogens with zero attached hydrogens (tertiary/aromatic N) is 1. The molecular weight excluding hydrogens is 195 g/mol. The second kappa shape index (κ2) is 3.73. The van der Waals surface area contributed by atoms with Crippen molar-refractivity contribution in [2.75, 3.05) is 5.73 Å². The van der Waals surface area contributed by atoms with E-state index < -0.39 is 6.67 Å². The molecule has 78 valence electrons. The number of rotatable bonds is 2. The number of aromatic nitrogens is 1. The van der Waals surface area contributed by atoms with Crippen molar-refractivity contribution in [2.45, 2.75) is 13.6 Å². The van der Waals surface area contributed by atoms with E-state index >= 15 is 0 Å². The summed E-state index contributed by atoms with van der Waals surface area (Å²) >= 11 is 0. The van der Waals surface area contributed by atoms with Gasteiger partial charge in [-0.3, -0.25) is 0 Å². The Labute approximate surface area is 86.7 Å². The fraction of sp³-hybridized carbons (Fsp3) is 0.182. The summed E-state index contributed by atoms with van der Waals surface area (Å²) in [6, 6.07) is 6.97. The van der Waals surface area contributed by atoms with E-state index in [4.69, 9.17) is 10.3 Å². The molecule has 2 N–H and O–H groups in total. The molecule has 2 rings (SSSR count). The Morgan fingerprint density at radius 2 is 2.20 bits per heavy atom. The summed E-state index contributed by atoms with van der Waals surface area (Å²) in [5.74, 6) is 0.898. The van der Waals surface area contributed by atoms with Gasteiger partial charge in [0.2, 0.25) is 0 Å². The van der Waals surface area contributed by atoms with E-state index in [9.17, 15) is 4.39 Å². The summed E-state index contributed by atoms with van der Waals surface area (Å²) in [6.45, 7) is 1.44. The van der Waals surface area contributed by atoms with Gasteiger partial charge in [0.05, 0.1) is 0 Å². The molecule has 2 aromatic rings. The Hall–Kier alpha value is -1.84. The van der Waals surface area contributed by atoms with Crippen molar-refractivity contribution in [3.63, 3.8) is 0 Å². The molecule has 0 aliphatic heterocycles. The summed E-state index contributed by atoms with van der Waals surface area (Å²) in [6.07, 6.45) is 0. The van der Waals surface area contributed by atoms with Gasteiger partial charge in [-0.15, -0.1) is 0 Å². The highest BCUT2D eigenvalue weighted by molar-refractivity contribution is 5.64. The van der Waals surface area contributed by atoms with Gasteiger partial charge in [-0.2, -0.15) is 0 Å². The predicted molar refractivity (Wildman–Crippen MR) is 55.9 cm³/mol. The third-order valence-corrected chi connectivity index (χ3v) is 2.25. The average molecular weight is 206 g/mol. The first-order valence-corrected chi connectivity index (χ1v) is 4.59. The molecule has 0 spiro atoms. The van der Waals surface area contributed by atoms with Gasteiger partial charge in [0.25, 0.3) is 0 Å². The molecule has 4 heteroatoms. The molecule has 15 heavy (non-hydrogen) atoms. The van der Waals surface area contributed by atoms with E-state index in [2.05, 4.69) is 5.16 Å². The standard InChI is InChI=1S/C11H11FN2O/c1-7-2-3-8(6-12)4-9(7)10-5-11(13)14-15-10/h2-5H,6H2,1H3,(H2,13,14). The molecule has 1 heterocycles. The molecular formula is C11H11FN2O. The van der Waals surface area contributed by atoms with Crippen LogP contribution in [0.25, 0.3) is 11.3 Å². The van der Waals surface area contributed by atoms with Crippen LogP contribution in [0.2, 0.25) is 0 Å². The van der Waals surface area contributed by atoms with Gasteiger partial charge in [-0.25, -0.2) is 4.39 Å². The van der Waals surface area contributed by atoms with E-state index in [1.165, 1.54) is 0 Å². The summed E-state index contributed by atoms with van der Waals surface area (Å²) in [5.41, 5.74) is 7.91. The normalized spacial score (nSPS) is 10.5. The third-order valence-electron chi connectivity index (χ3n) is 2.25. The zero-order valence-electron chi connectivity index (χ0n) is 8.33. The van der Waals surface area contributed by atoms with Crippen LogP contribution < -0.4 is 5.73 Å². The lowest BCUT2D eigenvalue weighted by Crippen LogP contribution is -1.85. The van der Waals surface area contributed by atoms with Gasteiger partial charge in [-0.05, 0) is 24.1 Å². The number of alkyl halides is 1. The second-order valence-corrected chi connectivity index (χ2v) is 3.40. The Morgan fingerprint density at radius 1 is 1.40 bits per heavy atom. The second-order valence-electron chi connectivity index (χ2n) is 3.40. The van der Waals surface area contributed by atoms with Gasteiger partial charge in [-0.1, -0.05) is 17.3 Å². The van der Waals surface area contributed by atoms with Crippen molar-refractivity contribution < 1.29 is 8.91 Å². The minimum Gasteiger partial charge on any atom is -0.381 e. The number of hydrogen-bond donors (Lipinski definition) is 1. The molecule has 0 aliphatic carbocycles. The first-order valence-electron chi connectivity index (χ1n) is 4.59. The third kappa shape index (κ3) is 1.83. The van der Waals surface area contributed by atoms with Gasteiger partial charge in [0.1, 0.15) is 6.67 Å². The highest BCUT2D eigenvalue weighted by Gasteiger charge is 2.08. The van der Waals surface area contributed by atoms with Crippen LogP contribution in [0.5, 0.6) is 0 Å². The summed E-state index contributed by atoms with van der Waals surface area (Å²) in [5, 5.41) is 3.60. The van der Waals surface area contributed by atoms with Crippen LogP contribution in [-0.4, -0.2) is 5.16 Å². The molecule has 0 bridgehead atoms. The van der Waals surface area contributed by atoms with E-state index in [1.54, 1.807) is 18.2 Å². The van der Waals surface area contributed by atoms with Crippen molar-refractivity contribution in [2.24, 2.45) is 0 Å². The van der Waals surface area contributed by atoms with Crippen LogP contribution in [0.3, 0.4) is 0 Å². The Balaban J connectivity index is 2.51. The predicted octanol–water partition coefficient (Wildman–Crippen LogP) is 2.70. The molecule has 0 saturated heterocycles. The van der Waals surface area contributed by atoms with Crippen molar-refractivity contribution in [3.05, 3.63) is 35.4 Å².